The standard InChI is InChI=1S/C14H22FN/c1-5-14(3,4)10-16-9-12-6-7-13(15)8-11(12)2/h6-8,16H,5,9-10H2,1-4H3. The van der Waals surface area contributed by atoms with Gasteiger partial charge in [-0.05, 0) is 42.0 Å². The number of hydrogen-bond donors (Lipinski definition) is 1. The van der Waals surface area contributed by atoms with Crippen LogP contribution >= 0.6 is 0 Å². The fourth-order valence-corrected chi connectivity index (χ4v) is 1.52. The Balaban J connectivity index is 2.49. The van der Waals surface area contributed by atoms with E-state index in [4.69, 9.17) is 0 Å². The first-order chi connectivity index (χ1) is 7.44. The highest BCUT2D eigenvalue weighted by Crippen LogP contribution is 2.18. The van der Waals surface area contributed by atoms with Crippen LogP contribution in [0.1, 0.15) is 38.3 Å². The molecule has 90 valence electrons. The second-order valence-electron chi connectivity index (χ2n) is 5.19. The molecule has 1 N–H and O–H groups in total. The van der Waals surface area contributed by atoms with Crippen LogP contribution in [0.15, 0.2) is 18.2 Å². The zero-order valence-electron chi connectivity index (χ0n) is 10.7. The number of hydrogen-bond acceptors (Lipinski definition) is 1. The van der Waals surface area contributed by atoms with Gasteiger partial charge in [-0.15, -0.1) is 0 Å². The highest BCUT2D eigenvalue weighted by atomic mass is 19.1. The van der Waals surface area contributed by atoms with Crippen LogP contribution < -0.4 is 5.32 Å². The van der Waals surface area contributed by atoms with Gasteiger partial charge in [0, 0.05) is 13.1 Å². The molecule has 0 fully saturated rings. The average molecular weight is 223 g/mol. The predicted octanol–water partition coefficient (Wildman–Crippen LogP) is 3.66. The molecule has 0 heterocycles. The predicted molar refractivity (Wildman–Crippen MR) is 66.9 cm³/mol. The van der Waals surface area contributed by atoms with Crippen molar-refractivity contribution < 1.29 is 4.39 Å². The number of benzene rings is 1. The highest BCUT2D eigenvalue weighted by Gasteiger charge is 2.13. The lowest BCUT2D eigenvalue weighted by molar-refractivity contribution is 0.327. The summed E-state index contributed by atoms with van der Waals surface area (Å²) in [6.07, 6.45) is 1.16. The molecule has 0 aliphatic rings. The number of rotatable bonds is 5. The molecule has 0 bridgehead atoms. The maximum Gasteiger partial charge on any atom is 0.123 e. The third kappa shape index (κ3) is 3.93. The van der Waals surface area contributed by atoms with Gasteiger partial charge < -0.3 is 5.32 Å². The van der Waals surface area contributed by atoms with Crippen LogP contribution in [-0.2, 0) is 6.54 Å². The van der Waals surface area contributed by atoms with E-state index in [1.165, 1.54) is 11.6 Å². The Labute approximate surface area is 98.1 Å². The summed E-state index contributed by atoms with van der Waals surface area (Å²) < 4.78 is 12.9. The first-order valence-corrected chi connectivity index (χ1v) is 5.90. The third-order valence-corrected chi connectivity index (χ3v) is 3.18. The van der Waals surface area contributed by atoms with Crippen molar-refractivity contribution in [2.24, 2.45) is 5.41 Å². The van der Waals surface area contributed by atoms with Crippen molar-refractivity contribution in [1.82, 2.24) is 5.32 Å². The maximum absolute atomic E-state index is 12.9. The second kappa shape index (κ2) is 5.44. The fraction of sp³-hybridized carbons (Fsp3) is 0.571. The van der Waals surface area contributed by atoms with E-state index in [-0.39, 0.29) is 5.82 Å². The molecule has 0 unspecified atom stereocenters. The lowest BCUT2D eigenvalue weighted by Crippen LogP contribution is -2.28. The molecule has 2 heteroatoms. The van der Waals surface area contributed by atoms with Gasteiger partial charge in [0.25, 0.3) is 0 Å². The smallest absolute Gasteiger partial charge is 0.123 e. The molecule has 0 saturated carbocycles. The topological polar surface area (TPSA) is 12.0 Å². The molecule has 1 aromatic carbocycles. The summed E-state index contributed by atoms with van der Waals surface area (Å²) in [6.45, 7) is 10.4. The summed E-state index contributed by atoms with van der Waals surface area (Å²) in [5.41, 5.74) is 2.52. The van der Waals surface area contributed by atoms with Gasteiger partial charge in [0.05, 0.1) is 0 Å². The summed E-state index contributed by atoms with van der Waals surface area (Å²) in [5.74, 6) is -0.157. The quantitative estimate of drug-likeness (QED) is 0.803. The van der Waals surface area contributed by atoms with Gasteiger partial charge in [0.2, 0.25) is 0 Å². The molecule has 0 aliphatic carbocycles. The van der Waals surface area contributed by atoms with Crippen LogP contribution in [-0.4, -0.2) is 6.54 Å². The molecule has 0 aromatic heterocycles. The van der Waals surface area contributed by atoms with Crippen molar-refractivity contribution in [3.8, 4) is 0 Å². The fourth-order valence-electron chi connectivity index (χ4n) is 1.52. The number of aryl methyl sites for hydroxylation is 1. The van der Waals surface area contributed by atoms with Crippen LogP contribution in [0.2, 0.25) is 0 Å². The number of halogens is 1. The minimum Gasteiger partial charge on any atom is -0.312 e. The third-order valence-electron chi connectivity index (χ3n) is 3.18. The summed E-state index contributed by atoms with van der Waals surface area (Å²) >= 11 is 0. The molecule has 0 saturated heterocycles. The molecule has 0 radical (unpaired) electrons. The molecule has 1 rings (SSSR count). The molecule has 1 aromatic rings. The molecular formula is C14H22FN. The summed E-state index contributed by atoms with van der Waals surface area (Å²) in [6, 6.07) is 4.97. The van der Waals surface area contributed by atoms with Gasteiger partial charge in [-0.1, -0.05) is 26.8 Å². The van der Waals surface area contributed by atoms with Crippen molar-refractivity contribution in [2.45, 2.75) is 40.7 Å². The van der Waals surface area contributed by atoms with Crippen LogP contribution in [0.3, 0.4) is 0 Å². The summed E-state index contributed by atoms with van der Waals surface area (Å²) in [5, 5.41) is 3.43. The van der Waals surface area contributed by atoms with Crippen molar-refractivity contribution in [2.75, 3.05) is 6.54 Å². The van der Waals surface area contributed by atoms with Gasteiger partial charge in [-0.2, -0.15) is 0 Å². The molecule has 0 spiro atoms. The van der Waals surface area contributed by atoms with Gasteiger partial charge in [0.15, 0.2) is 0 Å². The van der Waals surface area contributed by atoms with E-state index in [1.54, 1.807) is 6.07 Å². The Bertz CT molecular complexity index is 345. The van der Waals surface area contributed by atoms with Gasteiger partial charge in [-0.3, -0.25) is 0 Å². The molecule has 0 atom stereocenters. The molecular weight excluding hydrogens is 201 g/mol. The normalized spacial score (nSPS) is 11.8. The van der Waals surface area contributed by atoms with Crippen LogP contribution in [0.4, 0.5) is 4.39 Å². The van der Waals surface area contributed by atoms with E-state index in [0.29, 0.717) is 5.41 Å². The first-order valence-electron chi connectivity index (χ1n) is 5.90. The number of nitrogens with one attached hydrogen (secondary N) is 1. The monoisotopic (exact) mass is 223 g/mol. The van der Waals surface area contributed by atoms with Crippen molar-refractivity contribution in [1.29, 1.82) is 0 Å². The van der Waals surface area contributed by atoms with Gasteiger partial charge in [0.1, 0.15) is 5.82 Å². The Hall–Kier alpha value is -0.890. The van der Waals surface area contributed by atoms with E-state index >= 15 is 0 Å². The lowest BCUT2D eigenvalue weighted by atomic mass is 9.90. The molecule has 0 aliphatic heterocycles. The highest BCUT2D eigenvalue weighted by molar-refractivity contribution is 5.26. The average Bonchev–Trinajstić information content (AvgIpc) is 2.21. The zero-order chi connectivity index (χ0) is 12.2. The van der Waals surface area contributed by atoms with Crippen molar-refractivity contribution in [3.05, 3.63) is 35.1 Å². The minimum absolute atomic E-state index is 0.157. The Morgan fingerprint density at radius 3 is 2.56 bits per heavy atom. The van der Waals surface area contributed by atoms with E-state index in [0.717, 1.165) is 25.1 Å². The van der Waals surface area contributed by atoms with Crippen molar-refractivity contribution >= 4 is 0 Å². The largest absolute Gasteiger partial charge is 0.312 e. The van der Waals surface area contributed by atoms with E-state index in [2.05, 4.69) is 26.1 Å². The Kier molecular flexibility index (Phi) is 4.48. The van der Waals surface area contributed by atoms with Gasteiger partial charge >= 0.3 is 0 Å². The maximum atomic E-state index is 12.9. The Morgan fingerprint density at radius 1 is 1.31 bits per heavy atom. The molecule has 0 amide bonds. The Morgan fingerprint density at radius 2 is 2.00 bits per heavy atom. The van der Waals surface area contributed by atoms with Crippen LogP contribution in [0.5, 0.6) is 0 Å². The van der Waals surface area contributed by atoms with Crippen LogP contribution in [0.25, 0.3) is 0 Å². The van der Waals surface area contributed by atoms with E-state index in [9.17, 15) is 4.39 Å². The molecule has 1 nitrogen and oxygen atoms in total. The van der Waals surface area contributed by atoms with Crippen molar-refractivity contribution in [3.63, 3.8) is 0 Å². The minimum atomic E-state index is -0.157. The second-order valence-corrected chi connectivity index (χ2v) is 5.19. The SMILES string of the molecule is CCC(C)(C)CNCc1ccc(F)cc1C. The molecule has 16 heavy (non-hydrogen) atoms. The lowest BCUT2D eigenvalue weighted by Gasteiger charge is -2.23. The zero-order valence-corrected chi connectivity index (χ0v) is 10.7. The summed E-state index contributed by atoms with van der Waals surface area (Å²) in [7, 11) is 0. The van der Waals surface area contributed by atoms with Crippen LogP contribution in [0, 0.1) is 18.2 Å². The summed E-state index contributed by atoms with van der Waals surface area (Å²) in [4.78, 5) is 0. The van der Waals surface area contributed by atoms with Gasteiger partial charge in [-0.25, -0.2) is 4.39 Å². The first kappa shape index (κ1) is 13.2. The van der Waals surface area contributed by atoms with E-state index in [1.807, 2.05) is 13.0 Å². The van der Waals surface area contributed by atoms with E-state index < -0.39 is 0 Å².